The molecule has 0 spiro atoms. The molecule has 3 nitrogen and oxygen atoms in total. The van der Waals surface area contributed by atoms with Crippen LogP contribution in [0.1, 0.15) is 17.2 Å². The Bertz CT molecular complexity index is 291. The summed E-state index contributed by atoms with van der Waals surface area (Å²) in [6.45, 7) is -0.475. The Morgan fingerprint density at radius 3 is 2.62 bits per heavy atom. The Kier molecular flexibility index (Phi) is 3.36. The molecule has 4 heteroatoms. The Morgan fingerprint density at radius 1 is 1.38 bits per heavy atom. The van der Waals surface area contributed by atoms with Crippen molar-refractivity contribution in [3.8, 4) is 0 Å². The molecule has 0 aliphatic rings. The van der Waals surface area contributed by atoms with Crippen molar-refractivity contribution in [2.24, 2.45) is 5.73 Å². The Labute approximate surface area is 75.6 Å². The van der Waals surface area contributed by atoms with Crippen LogP contribution >= 0.6 is 0 Å². The van der Waals surface area contributed by atoms with Crippen LogP contribution in [-0.2, 0) is 6.61 Å². The van der Waals surface area contributed by atoms with Crippen LogP contribution in [0.15, 0.2) is 18.2 Å². The van der Waals surface area contributed by atoms with Gasteiger partial charge in [-0.3, -0.25) is 0 Å². The Morgan fingerprint density at radius 2 is 2.08 bits per heavy atom. The normalized spacial score (nSPS) is 12.9. The number of nitrogens with two attached hydrogens (primary N) is 1. The standard InChI is InChI=1S/C9H12FNO2/c10-8-2-1-6(4-12)3-7(8)9(11)5-13/h1-3,9,12-13H,4-5,11H2. The van der Waals surface area contributed by atoms with E-state index in [1.807, 2.05) is 0 Å². The van der Waals surface area contributed by atoms with Crippen LogP contribution in [0.5, 0.6) is 0 Å². The van der Waals surface area contributed by atoms with Gasteiger partial charge in [0.05, 0.1) is 19.3 Å². The van der Waals surface area contributed by atoms with Gasteiger partial charge in [-0.15, -0.1) is 0 Å². The molecule has 13 heavy (non-hydrogen) atoms. The third-order valence-electron chi connectivity index (χ3n) is 1.84. The van der Waals surface area contributed by atoms with Gasteiger partial charge in [0.25, 0.3) is 0 Å². The summed E-state index contributed by atoms with van der Waals surface area (Å²) in [6, 6.07) is 3.43. The van der Waals surface area contributed by atoms with E-state index in [2.05, 4.69) is 0 Å². The van der Waals surface area contributed by atoms with Gasteiger partial charge in [-0.25, -0.2) is 4.39 Å². The summed E-state index contributed by atoms with van der Waals surface area (Å²) < 4.78 is 13.1. The molecule has 0 amide bonds. The molecule has 72 valence electrons. The first kappa shape index (κ1) is 10.1. The molecular weight excluding hydrogens is 173 g/mol. The first-order valence-corrected chi connectivity index (χ1v) is 3.94. The van der Waals surface area contributed by atoms with Crippen molar-refractivity contribution >= 4 is 0 Å². The van der Waals surface area contributed by atoms with Crippen LogP contribution in [0.3, 0.4) is 0 Å². The van der Waals surface area contributed by atoms with E-state index in [4.69, 9.17) is 15.9 Å². The number of benzene rings is 1. The van der Waals surface area contributed by atoms with E-state index in [9.17, 15) is 4.39 Å². The highest BCUT2D eigenvalue weighted by Gasteiger charge is 2.10. The second-order valence-corrected chi connectivity index (χ2v) is 2.80. The van der Waals surface area contributed by atoms with Crippen LogP contribution in [0.2, 0.25) is 0 Å². The van der Waals surface area contributed by atoms with E-state index in [-0.39, 0.29) is 18.8 Å². The highest BCUT2D eigenvalue weighted by Crippen LogP contribution is 2.16. The predicted molar refractivity (Wildman–Crippen MR) is 46.3 cm³/mol. The van der Waals surface area contributed by atoms with Crippen molar-refractivity contribution in [1.29, 1.82) is 0 Å². The molecule has 0 aromatic heterocycles. The molecule has 1 aromatic rings. The van der Waals surface area contributed by atoms with E-state index in [0.29, 0.717) is 5.56 Å². The van der Waals surface area contributed by atoms with Gasteiger partial charge >= 0.3 is 0 Å². The number of rotatable bonds is 3. The molecule has 0 aliphatic heterocycles. The SMILES string of the molecule is NC(CO)c1cc(CO)ccc1F. The number of halogens is 1. The van der Waals surface area contributed by atoms with Gasteiger partial charge in [0.2, 0.25) is 0 Å². The van der Waals surface area contributed by atoms with Crippen LogP contribution in [0, 0.1) is 5.82 Å². The summed E-state index contributed by atoms with van der Waals surface area (Å²) in [5.41, 5.74) is 6.26. The molecule has 0 fully saturated rings. The maximum Gasteiger partial charge on any atom is 0.128 e. The molecule has 1 atom stereocenters. The zero-order chi connectivity index (χ0) is 9.84. The van der Waals surface area contributed by atoms with E-state index < -0.39 is 11.9 Å². The van der Waals surface area contributed by atoms with Gasteiger partial charge in [0.15, 0.2) is 0 Å². The van der Waals surface area contributed by atoms with Crippen molar-refractivity contribution in [3.05, 3.63) is 35.1 Å². The molecular formula is C9H12FNO2. The van der Waals surface area contributed by atoms with Crippen molar-refractivity contribution < 1.29 is 14.6 Å². The molecule has 0 heterocycles. The third kappa shape index (κ3) is 2.24. The van der Waals surface area contributed by atoms with Crippen LogP contribution in [0.4, 0.5) is 4.39 Å². The molecule has 1 unspecified atom stereocenters. The topological polar surface area (TPSA) is 66.5 Å². The van der Waals surface area contributed by atoms with Crippen molar-refractivity contribution in [2.75, 3.05) is 6.61 Å². The minimum Gasteiger partial charge on any atom is -0.394 e. The second-order valence-electron chi connectivity index (χ2n) is 2.80. The number of aliphatic hydroxyl groups excluding tert-OH is 2. The molecule has 0 saturated carbocycles. The molecule has 0 saturated heterocycles. The molecule has 1 rings (SSSR count). The van der Waals surface area contributed by atoms with Gasteiger partial charge in [-0.2, -0.15) is 0 Å². The van der Waals surface area contributed by atoms with Crippen LogP contribution in [0.25, 0.3) is 0 Å². The van der Waals surface area contributed by atoms with Gasteiger partial charge < -0.3 is 15.9 Å². The maximum atomic E-state index is 13.1. The number of hydrogen-bond donors (Lipinski definition) is 3. The minimum atomic E-state index is -0.730. The fourth-order valence-corrected chi connectivity index (χ4v) is 1.07. The molecule has 0 radical (unpaired) electrons. The summed E-state index contributed by atoms with van der Waals surface area (Å²) in [7, 11) is 0. The Hall–Kier alpha value is -0.970. The fraction of sp³-hybridized carbons (Fsp3) is 0.333. The first-order valence-electron chi connectivity index (χ1n) is 3.94. The fourth-order valence-electron chi connectivity index (χ4n) is 1.07. The smallest absolute Gasteiger partial charge is 0.128 e. The quantitative estimate of drug-likeness (QED) is 0.635. The van der Waals surface area contributed by atoms with Crippen LogP contribution in [-0.4, -0.2) is 16.8 Å². The average Bonchev–Trinajstić information content (AvgIpc) is 2.17. The van der Waals surface area contributed by atoms with E-state index in [1.165, 1.54) is 18.2 Å². The second kappa shape index (κ2) is 4.32. The monoisotopic (exact) mass is 185 g/mol. The van der Waals surface area contributed by atoms with E-state index in [0.717, 1.165) is 0 Å². The van der Waals surface area contributed by atoms with Gasteiger partial charge in [-0.05, 0) is 17.7 Å². The zero-order valence-electron chi connectivity index (χ0n) is 7.07. The van der Waals surface area contributed by atoms with Crippen molar-refractivity contribution in [3.63, 3.8) is 0 Å². The van der Waals surface area contributed by atoms with Crippen molar-refractivity contribution in [2.45, 2.75) is 12.6 Å². The average molecular weight is 185 g/mol. The zero-order valence-corrected chi connectivity index (χ0v) is 7.07. The molecule has 1 aromatic carbocycles. The lowest BCUT2D eigenvalue weighted by Crippen LogP contribution is -2.16. The van der Waals surface area contributed by atoms with E-state index >= 15 is 0 Å². The predicted octanol–water partition coefficient (Wildman–Crippen LogP) is 0.310. The lowest BCUT2D eigenvalue weighted by Gasteiger charge is -2.10. The lowest BCUT2D eigenvalue weighted by molar-refractivity contribution is 0.264. The molecule has 4 N–H and O–H groups in total. The van der Waals surface area contributed by atoms with Crippen LogP contribution < -0.4 is 5.73 Å². The van der Waals surface area contributed by atoms with Gasteiger partial charge in [0.1, 0.15) is 5.82 Å². The number of aliphatic hydroxyl groups is 2. The maximum absolute atomic E-state index is 13.1. The third-order valence-corrected chi connectivity index (χ3v) is 1.84. The summed E-state index contributed by atoms with van der Waals surface area (Å²) in [4.78, 5) is 0. The largest absolute Gasteiger partial charge is 0.394 e. The highest BCUT2D eigenvalue weighted by atomic mass is 19.1. The molecule has 0 aliphatic carbocycles. The van der Waals surface area contributed by atoms with Gasteiger partial charge in [-0.1, -0.05) is 6.07 Å². The Balaban J connectivity index is 3.03. The van der Waals surface area contributed by atoms with Crippen molar-refractivity contribution in [1.82, 2.24) is 0 Å². The first-order chi connectivity index (χ1) is 6.19. The summed E-state index contributed by atoms with van der Waals surface area (Å²) >= 11 is 0. The highest BCUT2D eigenvalue weighted by molar-refractivity contribution is 5.27. The van der Waals surface area contributed by atoms with Gasteiger partial charge in [0, 0.05) is 5.56 Å². The minimum absolute atomic E-state index is 0.161. The summed E-state index contributed by atoms with van der Waals surface area (Å²) in [5.74, 6) is -0.459. The molecule has 0 bridgehead atoms. The summed E-state index contributed by atoms with van der Waals surface area (Å²) in [6.07, 6.45) is 0. The summed E-state index contributed by atoms with van der Waals surface area (Å²) in [5, 5.41) is 17.5. The van der Waals surface area contributed by atoms with E-state index in [1.54, 1.807) is 0 Å². The lowest BCUT2D eigenvalue weighted by atomic mass is 10.0. The number of hydrogen-bond acceptors (Lipinski definition) is 3.